The summed E-state index contributed by atoms with van der Waals surface area (Å²) >= 11 is 0. The van der Waals surface area contributed by atoms with E-state index >= 15 is 0 Å². The number of hydrogen-bond donors (Lipinski definition) is 1. The van der Waals surface area contributed by atoms with Gasteiger partial charge in [0.2, 0.25) is 0 Å². The number of carbonyl (C=O) groups excluding carboxylic acids is 1. The lowest BCUT2D eigenvalue weighted by atomic mass is 10.2. The van der Waals surface area contributed by atoms with Gasteiger partial charge in [0, 0.05) is 18.5 Å². The van der Waals surface area contributed by atoms with Crippen molar-refractivity contribution in [3.63, 3.8) is 0 Å². The van der Waals surface area contributed by atoms with Crippen LogP contribution in [-0.4, -0.2) is 19.6 Å². The van der Waals surface area contributed by atoms with Crippen LogP contribution in [0.25, 0.3) is 0 Å². The van der Waals surface area contributed by atoms with E-state index in [1.54, 1.807) is 31.4 Å². The van der Waals surface area contributed by atoms with Gasteiger partial charge in [0.15, 0.2) is 0 Å². The smallest absolute Gasteiger partial charge is 0.251 e. The first-order valence-electron chi connectivity index (χ1n) is 4.63. The van der Waals surface area contributed by atoms with Crippen molar-refractivity contribution in [2.75, 3.05) is 13.7 Å². The predicted molar refractivity (Wildman–Crippen MR) is 58.8 cm³/mol. The normalized spacial score (nSPS) is 9.07. The molecule has 1 amide bonds. The van der Waals surface area contributed by atoms with E-state index in [1.165, 1.54) is 0 Å². The van der Waals surface area contributed by atoms with Crippen LogP contribution in [0.4, 0.5) is 0 Å². The Morgan fingerprint density at radius 2 is 2.13 bits per heavy atom. The molecule has 0 saturated carbocycles. The van der Waals surface area contributed by atoms with Gasteiger partial charge in [-0.05, 0) is 24.3 Å². The molecule has 0 atom stereocenters. The summed E-state index contributed by atoms with van der Waals surface area (Å²) < 4.78 is 4.99. The molecule has 1 N–H and O–H groups in total. The number of nitrogens with one attached hydrogen (secondary N) is 1. The molecule has 0 aliphatic rings. The van der Waals surface area contributed by atoms with Crippen molar-refractivity contribution in [3.05, 3.63) is 29.8 Å². The number of amides is 1. The maximum absolute atomic E-state index is 11.5. The van der Waals surface area contributed by atoms with Crippen molar-refractivity contribution < 1.29 is 9.53 Å². The molecule has 1 rings (SSSR count). The summed E-state index contributed by atoms with van der Waals surface area (Å²) in [6.45, 7) is 0.501. The van der Waals surface area contributed by atoms with Gasteiger partial charge in [-0.3, -0.25) is 4.79 Å². The molecule has 3 heteroatoms. The van der Waals surface area contributed by atoms with E-state index in [0.29, 0.717) is 18.5 Å². The largest absolute Gasteiger partial charge is 0.497 e. The lowest BCUT2D eigenvalue weighted by molar-refractivity contribution is 0.0954. The Hall–Kier alpha value is -1.95. The zero-order valence-electron chi connectivity index (χ0n) is 8.62. The second kappa shape index (κ2) is 5.71. The standard InChI is InChI=1S/C12H13NO2/c1-3-4-9-13-12(14)10-5-7-11(15-2)8-6-10/h1,5-8H,4,9H2,2H3,(H,13,14). The van der Waals surface area contributed by atoms with Gasteiger partial charge < -0.3 is 10.1 Å². The minimum absolute atomic E-state index is 0.118. The molecular weight excluding hydrogens is 190 g/mol. The summed E-state index contributed by atoms with van der Waals surface area (Å²) in [4.78, 5) is 11.5. The first-order chi connectivity index (χ1) is 7.27. The quantitative estimate of drug-likeness (QED) is 0.594. The minimum Gasteiger partial charge on any atom is -0.497 e. The van der Waals surface area contributed by atoms with Gasteiger partial charge in [-0.25, -0.2) is 0 Å². The lowest BCUT2D eigenvalue weighted by Crippen LogP contribution is -2.23. The van der Waals surface area contributed by atoms with E-state index in [1.807, 2.05) is 0 Å². The molecule has 0 aliphatic heterocycles. The van der Waals surface area contributed by atoms with Crippen LogP contribution in [0.2, 0.25) is 0 Å². The summed E-state index contributed by atoms with van der Waals surface area (Å²) in [6.07, 6.45) is 5.62. The van der Waals surface area contributed by atoms with Crippen molar-refractivity contribution in [2.45, 2.75) is 6.42 Å². The van der Waals surface area contributed by atoms with Crippen LogP contribution >= 0.6 is 0 Å². The third-order valence-corrected chi connectivity index (χ3v) is 1.91. The molecule has 15 heavy (non-hydrogen) atoms. The van der Waals surface area contributed by atoms with Crippen LogP contribution < -0.4 is 10.1 Å². The van der Waals surface area contributed by atoms with Crippen LogP contribution in [0.1, 0.15) is 16.8 Å². The van der Waals surface area contributed by atoms with Crippen LogP contribution in [0.15, 0.2) is 24.3 Å². The Kier molecular flexibility index (Phi) is 4.24. The fourth-order valence-electron chi connectivity index (χ4n) is 1.09. The topological polar surface area (TPSA) is 38.3 Å². The molecule has 1 aromatic rings. The molecule has 0 spiro atoms. The summed E-state index contributed by atoms with van der Waals surface area (Å²) in [6, 6.07) is 6.92. The number of carbonyl (C=O) groups is 1. The van der Waals surface area contributed by atoms with E-state index < -0.39 is 0 Å². The summed E-state index contributed by atoms with van der Waals surface area (Å²) in [5.74, 6) is 3.07. The molecule has 0 unspecified atom stereocenters. The second-order valence-electron chi connectivity index (χ2n) is 2.94. The minimum atomic E-state index is -0.118. The Morgan fingerprint density at radius 1 is 1.47 bits per heavy atom. The van der Waals surface area contributed by atoms with Gasteiger partial charge in [0.05, 0.1) is 7.11 Å². The third-order valence-electron chi connectivity index (χ3n) is 1.91. The first-order valence-corrected chi connectivity index (χ1v) is 4.63. The molecule has 0 bridgehead atoms. The average Bonchev–Trinajstić information content (AvgIpc) is 2.29. The maximum Gasteiger partial charge on any atom is 0.251 e. The van der Waals surface area contributed by atoms with Gasteiger partial charge in [0.1, 0.15) is 5.75 Å². The van der Waals surface area contributed by atoms with Gasteiger partial charge >= 0.3 is 0 Å². The van der Waals surface area contributed by atoms with Crippen molar-refractivity contribution in [1.82, 2.24) is 5.32 Å². The summed E-state index contributed by atoms with van der Waals surface area (Å²) in [5.41, 5.74) is 0.604. The molecule has 0 saturated heterocycles. The number of hydrogen-bond acceptors (Lipinski definition) is 2. The van der Waals surface area contributed by atoms with Crippen molar-refractivity contribution >= 4 is 5.91 Å². The highest BCUT2D eigenvalue weighted by Gasteiger charge is 2.03. The van der Waals surface area contributed by atoms with Crippen LogP contribution in [0.5, 0.6) is 5.75 Å². The number of terminal acetylenes is 1. The fourth-order valence-corrected chi connectivity index (χ4v) is 1.09. The Balaban J connectivity index is 2.55. The van der Waals surface area contributed by atoms with Crippen molar-refractivity contribution in [3.8, 4) is 18.1 Å². The SMILES string of the molecule is C#CCCNC(=O)c1ccc(OC)cc1. The Labute approximate surface area is 89.4 Å². The highest BCUT2D eigenvalue weighted by molar-refractivity contribution is 5.94. The molecular formula is C12H13NO2. The molecule has 0 aromatic heterocycles. The number of ether oxygens (including phenoxy) is 1. The highest BCUT2D eigenvalue weighted by atomic mass is 16.5. The summed E-state index contributed by atoms with van der Waals surface area (Å²) in [5, 5.41) is 2.72. The van der Waals surface area contributed by atoms with E-state index in [0.717, 1.165) is 5.75 Å². The van der Waals surface area contributed by atoms with E-state index in [9.17, 15) is 4.79 Å². The third kappa shape index (κ3) is 3.35. The van der Waals surface area contributed by atoms with Crippen LogP contribution in [0.3, 0.4) is 0 Å². The van der Waals surface area contributed by atoms with Crippen molar-refractivity contribution in [2.24, 2.45) is 0 Å². The number of methoxy groups -OCH3 is 1. The molecule has 3 nitrogen and oxygen atoms in total. The van der Waals surface area contributed by atoms with E-state index in [4.69, 9.17) is 11.2 Å². The van der Waals surface area contributed by atoms with Gasteiger partial charge in [-0.2, -0.15) is 0 Å². The molecule has 0 radical (unpaired) electrons. The van der Waals surface area contributed by atoms with Gasteiger partial charge in [0.25, 0.3) is 5.91 Å². The molecule has 0 fully saturated rings. The van der Waals surface area contributed by atoms with Gasteiger partial charge in [-0.1, -0.05) is 0 Å². The van der Waals surface area contributed by atoms with Crippen LogP contribution in [0, 0.1) is 12.3 Å². The monoisotopic (exact) mass is 203 g/mol. The number of rotatable bonds is 4. The maximum atomic E-state index is 11.5. The zero-order chi connectivity index (χ0) is 11.1. The van der Waals surface area contributed by atoms with Crippen LogP contribution in [-0.2, 0) is 0 Å². The first kappa shape index (κ1) is 11.1. The second-order valence-corrected chi connectivity index (χ2v) is 2.94. The predicted octanol–water partition coefficient (Wildman–Crippen LogP) is 1.45. The molecule has 78 valence electrons. The summed E-state index contributed by atoms with van der Waals surface area (Å²) in [7, 11) is 1.59. The highest BCUT2D eigenvalue weighted by Crippen LogP contribution is 2.10. The zero-order valence-corrected chi connectivity index (χ0v) is 8.62. The van der Waals surface area contributed by atoms with Gasteiger partial charge in [-0.15, -0.1) is 12.3 Å². The molecule has 0 aliphatic carbocycles. The average molecular weight is 203 g/mol. The number of benzene rings is 1. The Bertz CT molecular complexity index is 362. The Morgan fingerprint density at radius 3 is 2.67 bits per heavy atom. The fraction of sp³-hybridized carbons (Fsp3) is 0.250. The van der Waals surface area contributed by atoms with Crippen molar-refractivity contribution in [1.29, 1.82) is 0 Å². The lowest BCUT2D eigenvalue weighted by Gasteiger charge is -2.04. The molecule has 0 heterocycles. The molecule has 1 aromatic carbocycles. The van der Waals surface area contributed by atoms with E-state index in [-0.39, 0.29) is 5.91 Å². The van der Waals surface area contributed by atoms with E-state index in [2.05, 4.69) is 11.2 Å².